The van der Waals surface area contributed by atoms with Gasteiger partial charge in [0.1, 0.15) is 17.4 Å². The van der Waals surface area contributed by atoms with Gasteiger partial charge in [0.15, 0.2) is 5.82 Å². The number of halogens is 1. The first-order valence-corrected chi connectivity index (χ1v) is 10.3. The Balaban J connectivity index is 1.65. The highest BCUT2D eigenvalue weighted by atomic mass is 35.5. The van der Waals surface area contributed by atoms with E-state index in [4.69, 9.17) is 26.8 Å². The summed E-state index contributed by atoms with van der Waals surface area (Å²) in [6.45, 7) is 4.74. The van der Waals surface area contributed by atoms with Crippen molar-refractivity contribution >= 4 is 17.4 Å². The minimum Gasteiger partial charge on any atom is -0.438 e. The van der Waals surface area contributed by atoms with Gasteiger partial charge < -0.3 is 25.2 Å². The number of aryl methyl sites for hydroxylation is 1. The Morgan fingerprint density at radius 2 is 1.94 bits per heavy atom. The summed E-state index contributed by atoms with van der Waals surface area (Å²) in [7, 11) is 0. The Morgan fingerprint density at radius 3 is 2.65 bits per heavy atom. The number of aromatic nitrogens is 4. The standard InChI is InChI=1S/C21H23ClN6O3/c1-13-26-19(28-4-6-30-7-5-28)9-20(27-13)31-18-8-15(22)2-3-16(18)21-24-11-14(12-25-21)17(29)10-23/h2-3,8-9,11-12,17,29H,4-7,10,23H2,1H3. The highest BCUT2D eigenvalue weighted by molar-refractivity contribution is 6.30. The summed E-state index contributed by atoms with van der Waals surface area (Å²) < 4.78 is 11.5. The number of ether oxygens (including phenoxy) is 2. The van der Waals surface area contributed by atoms with E-state index in [0.717, 1.165) is 18.9 Å². The molecule has 31 heavy (non-hydrogen) atoms. The molecule has 0 radical (unpaired) electrons. The van der Waals surface area contributed by atoms with Crippen LogP contribution >= 0.6 is 11.6 Å². The smallest absolute Gasteiger partial charge is 0.224 e. The number of aliphatic hydroxyl groups is 1. The van der Waals surface area contributed by atoms with Gasteiger partial charge in [-0.1, -0.05) is 11.6 Å². The third kappa shape index (κ3) is 5.08. The molecule has 4 rings (SSSR count). The summed E-state index contributed by atoms with van der Waals surface area (Å²) in [5.41, 5.74) is 6.68. The van der Waals surface area contributed by atoms with E-state index in [1.165, 1.54) is 0 Å². The van der Waals surface area contributed by atoms with Crippen molar-refractivity contribution in [2.75, 3.05) is 37.7 Å². The number of hydrogen-bond donors (Lipinski definition) is 2. The molecule has 162 valence electrons. The van der Waals surface area contributed by atoms with Gasteiger partial charge in [-0.3, -0.25) is 0 Å². The summed E-state index contributed by atoms with van der Waals surface area (Å²) in [6.07, 6.45) is 2.28. The van der Waals surface area contributed by atoms with Crippen LogP contribution in [0.25, 0.3) is 11.4 Å². The molecule has 1 aliphatic rings. The Labute approximate surface area is 184 Å². The Kier molecular flexibility index (Phi) is 6.57. The molecule has 9 nitrogen and oxygen atoms in total. The molecule has 1 fully saturated rings. The Bertz CT molecular complexity index is 1040. The molecular weight excluding hydrogens is 420 g/mol. The zero-order valence-electron chi connectivity index (χ0n) is 17.0. The molecule has 10 heteroatoms. The molecule has 0 saturated carbocycles. The van der Waals surface area contributed by atoms with Crippen molar-refractivity contribution in [3.8, 4) is 23.0 Å². The van der Waals surface area contributed by atoms with Crippen LogP contribution in [0.1, 0.15) is 17.5 Å². The number of nitrogens with two attached hydrogens (primary N) is 1. The monoisotopic (exact) mass is 442 g/mol. The summed E-state index contributed by atoms with van der Waals surface area (Å²) in [5.74, 6) is 2.67. The lowest BCUT2D eigenvalue weighted by Crippen LogP contribution is -2.36. The van der Waals surface area contributed by atoms with Gasteiger partial charge in [0.25, 0.3) is 0 Å². The topological polar surface area (TPSA) is 120 Å². The fourth-order valence-electron chi connectivity index (χ4n) is 3.20. The lowest BCUT2D eigenvalue weighted by Gasteiger charge is -2.28. The fraction of sp³-hybridized carbons (Fsp3) is 0.333. The number of anilines is 1. The molecule has 2 aromatic heterocycles. The Hall–Kier alpha value is -2.85. The number of aliphatic hydroxyl groups excluding tert-OH is 1. The van der Waals surface area contributed by atoms with Gasteiger partial charge in [0.2, 0.25) is 5.88 Å². The van der Waals surface area contributed by atoms with Crippen molar-refractivity contribution in [3.63, 3.8) is 0 Å². The predicted octanol–water partition coefficient (Wildman–Crippen LogP) is 2.52. The first kappa shape index (κ1) is 21.4. The largest absolute Gasteiger partial charge is 0.438 e. The average Bonchev–Trinajstić information content (AvgIpc) is 2.79. The van der Waals surface area contributed by atoms with Crippen LogP contribution in [-0.2, 0) is 4.74 Å². The third-order valence-electron chi connectivity index (χ3n) is 4.81. The van der Waals surface area contributed by atoms with Crippen molar-refractivity contribution in [1.29, 1.82) is 0 Å². The number of rotatable bonds is 6. The molecule has 3 heterocycles. The van der Waals surface area contributed by atoms with Gasteiger partial charge >= 0.3 is 0 Å². The molecule has 1 aromatic carbocycles. The molecule has 0 spiro atoms. The summed E-state index contributed by atoms with van der Waals surface area (Å²) in [6, 6.07) is 7.00. The van der Waals surface area contributed by atoms with Crippen LogP contribution in [-0.4, -0.2) is 57.9 Å². The van der Waals surface area contributed by atoms with E-state index < -0.39 is 6.10 Å². The first-order chi connectivity index (χ1) is 15.0. The van der Waals surface area contributed by atoms with Crippen LogP contribution in [0.5, 0.6) is 11.6 Å². The van der Waals surface area contributed by atoms with E-state index in [1.54, 1.807) is 36.7 Å². The maximum atomic E-state index is 9.86. The second-order valence-corrected chi connectivity index (χ2v) is 7.48. The van der Waals surface area contributed by atoms with Crippen LogP contribution in [0.15, 0.2) is 36.7 Å². The zero-order valence-corrected chi connectivity index (χ0v) is 17.8. The van der Waals surface area contributed by atoms with Crippen LogP contribution < -0.4 is 15.4 Å². The van der Waals surface area contributed by atoms with Gasteiger partial charge in [0.05, 0.1) is 24.9 Å². The third-order valence-corrected chi connectivity index (χ3v) is 5.05. The maximum Gasteiger partial charge on any atom is 0.224 e. The van der Waals surface area contributed by atoms with Crippen molar-refractivity contribution in [1.82, 2.24) is 19.9 Å². The second kappa shape index (κ2) is 9.52. The van der Waals surface area contributed by atoms with Crippen LogP contribution in [0, 0.1) is 6.92 Å². The van der Waals surface area contributed by atoms with Gasteiger partial charge in [-0.2, -0.15) is 4.98 Å². The highest BCUT2D eigenvalue weighted by Gasteiger charge is 2.17. The number of nitrogens with zero attached hydrogens (tertiary/aromatic N) is 5. The minimum absolute atomic E-state index is 0.0938. The second-order valence-electron chi connectivity index (χ2n) is 7.05. The Morgan fingerprint density at radius 1 is 1.19 bits per heavy atom. The molecule has 1 unspecified atom stereocenters. The molecule has 1 saturated heterocycles. The van der Waals surface area contributed by atoms with E-state index in [0.29, 0.717) is 52.6 Å². The van der Waals surface area contributed by atoms with Gasteiger partial charge in [-0.25, -0.2) is 15.0 Å². The molecule has 3 aromatic rings. The summed E-state index contributed by atoms with van der Waals surface area (Å²) in [4.78, 5) is 19.8. The van der Waals surface area contributed by atoms with Crippen LogP contribution in [0.2, 0.25) is 5.02 Å². The van der Waals surface area contributed by atoms with E-state index in [-0.39, 0.29) is 6.54 Å². The van der Waals surface area contributed by atoms with Gasteiger partial charge in [-0.15, -0.1) is 0 Å². The quantitative estimate of drug-likeness (QED) is 0.593. The lowest BCUT2D eigenvalue weighted by molar-refractivity contribution is 0.122. The van der Waals surface area contributed by atoms with Crippen molar-refractivity contribution in [3.05, 3.63) is 53.1 Å². The minimum atomic E-state index is -0.808. The molecule has 0 amide bonds. The summed E-state index contributed by atoms with van der Waals surface area (Å²) >= 11 is 6.22. The molecule has 0 bridgehead atoms. The maximum absolute atomic E-state index is 9.86. The SMILES string of the molecule is Cc1nc(Oc2cc(Cl)ccc2-c2ncc(C(O)CN)cn2)cc(N2CCOCC2)n1. The fourth-order valence-corrected chi connectivity index (χ4v) is 3.36. The van der Waals surface area contributed by atoms with Crippen molar-refractivity contribution < 1.29 is 14.6 Å². The highest BCUT2D eigenvalue weighted by Crippen LogP contribution is 2.34. The molecular formula is C21H23ClN6O3. The summed E-state index contributed by atoms with van der Waals surface area (Å²) in [5, 5.41) is 10.4. The van der Waals surface area contributed by atoms with Crippen molar-refractivity contribution in [2.45, 2.75) is 13.0 Å². The van der Waals surface area contributed by atoms with Crippen molar-refractivity contribution in [2.24, 2.45) is 5.73 Å². The molecule has 1 atom stereocenters. The normalized spacial score (nSPS) is 15.0. The van der Waals surface area contributed by atoms with Gasteiger partial charge in [-0.05, 0) is 19.1 Å². The number of morpholine rings is 1. The van der Waals surface area contributed by atoms with Gasteiger partial charge in [0, 0.05) is 54.7 Å². The van der Waals surface area contributed by atoms with E-state index in [1.807, 2.05) is 6.92 Å². The number of benzene rings is 1. The van der Waals surface area contributed by atoms with E-state index >= 15 is 0 Å². The van der Waals surface area contributed by atoms with E-state index in [9.17, 15) is 5.11 Å². The molecule has 1 aliphatic heterocycles. The predicted molar refractivity (Wildman–Crippen MR) is 116 cm³/mol. The average molecular weight is 443 g/mol. The molecule has 0 aliphatic carbocycles. The van der Waals surface area contributed by atoms with Crippen LogP contribution in [0.3, 0.4) is 0 Å². The number of hydrogen-bond acceptors (Lipinski definition) is 9. The molecule has 3 N–H and O–H groups in total. The van der Waals surface area contributed by atoms with Crippen LogP contribution in [0.4, 0.5) is 5.82 Å². The lowest BCUT2D eigenvalue weighted by atomic mass is 10.1. The van der Waals surface area contributed by atoms with E-state index in [2.05, 4.69) is 24.8 Å². The first-order valence-electron chi connectivity index (χ1n) is 9.89. The zero-order chi connectivity index (χ0) is 21.8.